The minimum atomic E-state index is -4.06. The molecule has 6 nitrogen and oxygen atoms in total. The van der Waals surface area contributed by atoms with Gasteiger partial charge >= 0.3 is 5.97 Å². The van der Waals surface area contributed by atoms with E-state index in [-0.39, 0.29) is 28.1 Å². The van der Waals surface area contributed by atoms with Crippen LogP contribution in [-0.2, 0) is 13.8 Å². The minimum Gasteiger partial charge on any atom is -0.496 e. The Kier molecular flexibility index (Phi) is 4.63. The number of hydrogen-bond donors (Lipinski definition) is 0. The molecule has 2 rings (SSSR count). The number of halogens is 1. The van der Waals surface area contributed by atoms with Crippen molar-refractivity contribution >= 4 is 25.7 Å². The zero-order valence-corrected chi connectivity index (χ0v) is 13.2. The fourth-order valence-electron chi connectivity index (χ4n) is 1.92. The van der Waals surface area contributed by atoms with Crippen molar-refractivity contribution in [2.45, 2.75) is 30.3 Å². The van der Waals surface area contributed by atoms with E-state index in [0.29, 0.717) is 0 Å². The first-order valence-corrected chi connectivity index (χ1v) is 8.59. The summed E-state index contributed by atoms with van der Waals surface area (Å²) in [4.78, 5) is 11.8. The second-order valence-electron chi connectivity index (χ2n) is 4.60. The van der Waals surface area contributed by atoms with Gasteiger partial charge in [0.1, 0.15) is 28.1 Å². The molecule has 0 atom stereocenters. The summed E-state index contributed by atoms with van der Waals surface area (Å²) in [6, 6.07) is 2.41. The van der Waals surface area contributed by atoms with Gasteiger partial charge in [0.2, 0.25) is 0 Å². The second kappa shape index (κ2) is 6.11. The quantitative estimate of drug-likeness (QED) is 0.607. The van der Waals surface area contributed by atoms with Gasteiger partial charge in [0.05, 0.1) is 14.2 Å². The zero-order valence-electron chi connectivity index (χ0n) is 11.6. The van der Waals surface area contributed by atoms with Gasteiger partial charge in [0, 0.05) is 16.7 Å². The Labute approximate surface area is 127 Å². The predicted molar refractivity (Wildman–Crippen MR) is 75.6 cm³/mol. The fourth-order valence-corrected chi connectivity index (χ4v) is 2.93. The van der Waals surface area contributed by atoms with Gasteiger partial charge < -0.3 is 14.2 Å². The molecule has 0 spiro atoms. The first kappa shape index (κ1) is 15.9. The van der Waals surface area contributed by atoms with Gasteiger partial charge in [-0.1, -0.05) is 0 Å². The van der Waals surface area contributed by atoms with Gasteiger partial charge in [0.15, 0.2) is 0 Å². The molecule has 0 radical (unpaired) electrons. The Morgan fingerprint density at radius 1 is 1.19 bits per heavy atom. The Bertz CT molecular complexity index is 651. The first-order valence-electron chi connectivity index (χ1n) is 6.28. The van der Waals surface area contributed by atoms with Crippen molar-refractivity contribution < 1.29 is 27.4 Å². The molecule has 0 aliphatic heterocycles. The molecule has 0 unspecified atom stereocenters. The highest BCUT2D eigenvalue weighted by molar-refractivity contribution is 8.13. The molecular formula is C13H15ClO6S. The van der Waals surface area contributed by atoms with Crippen molar-refractivity contribution in [1.82, 2.24) is 0 Å². The number of carbonyl (C=O) groups is 1. The van der Waals surface area contributed by atoms with E-state index in [1.165, 1.54) is 20.3 Å². The van der Waals surface area contributed by atoms with E-state index < -0.39 is 15.0 Å². The highest BCUT2D eigenvalue weighted by Crippen LogP contribution is 2.35. The zero-order chi connectivity index (χ0) is 15.6. The molecule has 116 valence electrons. The Morgan fingerprint density at radius 3 is 2.24 bits per heavy atom. The van der Waals surface area contributed by atoms with Crippen LogP contribution in [0.5, 0.6) is 11.5 Å². The molecule has 0 amide bonds. The summed E-state index contributed by atoms with van der Waals surface area (Å²) in [5, 5.41) is 0. The van der Waals surface area contributed by atoms with Crippen molar-refractivity contribution in [1.29, 1.82) is 0 Å². The number of rotatable bonds is 5. The molecule has 0 N–H and O–H groups in total. The van der Waals surface area contributed by atoms with Crippen molar-refractivity contribution in [3.63, 3.8) is 0 Å². The van der Waals surface area contributed by atoms with Gasteiger partial charge in [-0.15, -0.1) is 0 Å². The third-order valence-electron chi connectivity index (χ3n) is 3.29. The number of carbonyl (C=O) groups excluding carboxylic acids is 1. The third-order valence-corrected chi connectivity index (χ3v) is 4.64. The summed E-state index contributed by atoms with van der Waals surface area (Å²) in [6.07, 6.45) is 2.51. The third kappa shape index (κ3) is 3.41. The van der Waals surface area contributed by atoms with Crippen LogP contribution >= 0.6 is 10.7 Å². The van der Waals surface area contributed by atoms with E-state index in [2.05, 4.69) is 0 Å². The van der Waals surface area contributed by atoms with Gasteiger partial charge in [0.25, 0.3) is 9.05 Å². The van der Waals surface area contributed by atoms with Crippen molar-refractivity contribution in [3.05, 3.63) is 17.7 Å². The van der Waals surface area contributed by atoms with Crippen LogP contribution in [-0.4, -0.2) is 34.7 Å². The standard InChI is InChI=1S/C13H15ClO6S/c1-18-10-7-11(19-2)12(21(14,16)17)6-9(10)13(15)20-8-4-3-5-8/h6-8H,3-5H2,1-2H3. The minimum absolute atomic E-state index is 0.00189. The van der Waals surface area contributed by atoms with E-state index in [0.717, 1.165) is 25.3 Å². The Hall–Kier alpha value is -1.47. The van der Waals surface area contributed by atoms with E-state index in [9.17, 15) is 13.2 Å². The van der Waals surface area contributed by atoms with Crippen molar-refractivity contribution in [2.24, 2.45) is 0 Å². The van der Waals surface area contributed by atoms with Crippen LogP contribution in [0.2, 0.25) is 0 Å². The average molecular weight is 335 g/mol. The molecular weight excluding hydrogens is 320 g/mol. The number of esters is 1. The lowest BCUT2D eigenvalue weighted by Crippen LogP contribution is -2.25. The summed E-state index contributed by atoms with van der Waals surface area (Å²) in [7, 11) is 3.96. The van der Waals surface area contributed by atoms with Crippen molar-refractivity contribution in [2.75, 3.05) is 14.2 Å². The van der Waals surface area contributed by atoms with Crippen LogP contribution in [0.15, 0.2) is 17.0 Å². The smallest absolute Gasteiger partial charge is 0.342 e. The van der Waals surface area contributed by atoms with Gasteiger partial charge in [-0.25, -0.2) is 13.2 Å². The monoisotopic (exact) mass is 334 g/mol. The van der Waals surface area contributed by atoms with Gasteiger partial charge in [-0.2, -0.15) is 0 Å². The van der Waals surface area contributed by atoms with Crippen LogP contribution in [0, 0.1) is 0 Å². The molecule has 21 heavy (non-hydrogen) atoms. The molecule has 0 bridgehead atoms. The molecule has 0 aromatic heterocycles. The summed E-state index contributed by atoms with van der Waals surface area (Å²) in [6.45, 7) is 0. The summed E-state index contributed by atoms with van der Waals surface area (Å²) >= 11 is 0. The normalized spacial score (nSPS) is 15.2. The highest BCUT2D eigenvalue weighted by Gasteiger charge is 2.27. The predicted octanol–water partition coefficient (Wildman–Crippen LogP) is 2.34. The maximum Gasteiger partial charge on any atom is 0.342 e. The number of hydrogen-bond acceptors (Lipinski definition) is 6. The van der Waals surface area contributed by atoms with E-state index in [1.54, 1.807) is 0 Å². The van der Waals surface area contributed by atoms with Crippen LogP contribution in [0.1, 0.15) is 29.6 Å². The molecule has 1 aliphatic carbocycles. The first-order chi connectivity index (χ1) is 9.86. The van der Waals surface area contributed by atoms with Crippen molar-refractivity contribution in [3.8, 4) is 11.5 Å². The van der Waals surface area contributed by atoms with Crippen LogP contribution < -0.4 is 9.47 Å². The van der Waals surface area contributed by atoms with Crippen LogP contribution in [0.25, 0.3) is 0 Å². The largest absolute Gasteiger partial charge is 0.496 e. The highest BCUT2D eigenvalue weighted by atomic mass is 35.7. The lowest BCUT2D eigenvalue weighted by atomic mass is 9.96. The fraction of sp³-hybridized carbons (Fsp3) is 0.462. The lowest BCUT2D eigenvalue weighted by Gasteiger charge is -2.25. The number of benzene rings is 1. The lowest BCUT2D eigenvalue weighted by molar-refractivity contribution is 0.00868. The molecule has 1 fully saturated rings. The Balaban J connectivity index is 2.45. The second-order valence-corrected chi connectivity index (χ2v) is 7.13. The molecule has 0 saturated heterocycles. The summed E-state index contributed by atoms with van der Waals surface area (Å²) in [5.41, 5.74) is 0.00410. The Morgan fingerprint density at radius 2 is 1.81 bits per heavy atom. The number of ether oxygens (including phenoxy) is 3. The SMILES string of the molecule is COc1cc(OC)c(S(=O)(=O)Cl)cc1C(=O)OC1CCC1. The molecule has 1 aromatic carbocycles. The van der Waals surface area contributed by atoms with Crippen LogP contribution in [0.4, 0.5) is 0 Å². The van der Waals surface area contributed by atoms with Gasteiger partial charge in [-0.05, 0) is 25.3 Å². The number of methoxy groups -OCH3 is 2. The van der Waals surface area contributed by atoms with E-state index >= 15 is 0 Å². The maximum atomic E-state index is 12.1. The maximum absolute atomic E-state index is 12.1. The van der Waals surface area contributed by atoms with Gasteiger partial charge in [-0.3, -0.25) is 0 Å². The molecule has 8 heteroatoms. The molecule has 0 heterocycles. The average Bonchev–Trinajstić information content (AvgIpc) is 2.39. The summed E-state index contributed by atoms with van der Waals surface area (Å²) in [5.74, 6) is -0.469. The summed E-state index contributed by atoms with van der Waals surface area (Å²) < 4.78 is 38.5. The molecule has 1 aromatic rings. The molecule has 1 aliphatic rings. The van der Waals surface area contributed by atoms with E-state index in [4.69, 9.17) is 24.9 Å². The van der Waals surface area contributed by atoms with Crippen LogP contribution in [0.3, 0.4) is 0 Å². The van der Waals surface area contributed by atoms with E-state index in [1.807, 2.05) is 0 Å². The molecule has 1 saturated carbocycles. The topological polar surface area (TPSA) is 78.9 Å².